The molecule has 3 aliphatic rings. The third-order valence-corrected chi connectivity index (χ3v) is 9.35. The van der Waals surface area contributed by atoms with Crippen molar-refractivity contribution in [3.63, 3.8) is 0 Å². The fraction of sp³-hybridized carbons (Fsp3) is 0.156. The lowest BCUT2D eigenvalue weighted by Gasteiger charge is -2.37. The summed E-state index contributed by atoms with van der Waals surface area (Å²) in [4.78, 5) is 46.1. The van der Waals surface area contributed by atoms with Crippen molar-refractivity contribution in [2.45, 2.75) is 24.9 Å². The van der Waals surface area contributed by atoms with Gasteiger partial charge < -0.3 is 4.90 Å². The van der Waals surface area contributed by atoms with Crippen molar-refractivity contribution in [2.24, 2.45) is 5.41 Å². The first-order chi connectivity index (χ1) is 18.4. The van der Waals surface area contributed by atoms with Crippen molar-refractivity contribution in [3.05, 3.63) is 128 Å². The van der Waals surface area contributed by atoms with Gasteiger partial charge >= 0.3 is 0 Å². The van der Waals surface area contributed by atoms with Crippen LogP contribution in [0.3, 0.4) is 0 Å². The topological polar surface area (TPSA) is 54.5 Å². The number of carbonyl (C=O) groups excluding carboxylic acids is 3. The highest BCUT2D eigenvalue weighted by Crippen LogP contribution is 2.61. The molecule has 1 aliphatic carbocycles. The van der Waals surface area contributed by atoms with Crippen molar-refractivity contribution >= 4 is 52.1 Å². The Morgan fingerprint density at radius 2 is 1.63 bits per heavy atom. The lowest BCUT2D eigenvalue weighted by atomic mass is 9.64. The second kappa shape index (κ2) is 8.35. The maximum Gasteiger partial charge on any atom is 0.195 e. The largest absolute Gasteiger partial charge is 0.352 e. The lowest BCUT2D eigenvalue weighted by molar-refractivity contribution is 0.0666. The highest BCUT2D eigenvalue weighted by Gasteiger charge is 2.71. The molecular weight excluding hydrogens is 514 g/mol. The van der Waals surface area contributed by atoms with Crippen LogP contribution in [0.2, 0.25) is 5.02 Å². The molecule has 0 amide bonds. The van der Waals surface area contributed by atoms with Crippen molar-refractivity contribution in [1.82, 2.24) is 0 Å². The van der Waals surface area contributed by atoms with Gasteiger partial charge in [0.2, 0.25) is 0 Å². The van der Waals surface area contributed by atoms with Crippen LogP contribution in [0.15, 0.2) is 90.3 Å². The molecule has 0 N–H and O–H groups in total. The van der Waals surface area contributed by atoms with E-state index in [1.165, 1.54) is 11.3 Å². The molecule has 6 heteroatoms. The van der Waals surface area contributed by atoms with Gasteiger partial charge in [-0.05, 0) is 47.7 Å². The number of rotatable bonds is 3. The summed E-state index contributed by atoms with van der Waals surface area (Å²) in [5.74, 6) is -1.23. The molecule has 0 saturated carbocycles. The predicted octanol–water partition coefficient (Wildman–Crippen LogP) is 7.03. The number of halogens is 1. The normalized spacial score (nSPS) is 22.5. The Balaban J connectivity index is 1.56. The van der Waals surface area contributed by atoms with Gasteiger partial charge in [0, 0.05) is 27.8 Å². The number of thiophene rings is 1. The molecule has 7 rings (SSSR count). The van der Waals surface area contributed by atoms with Gasteiger partial charge in [0.1, 0.15) is 11.5 Å². The van der Waals surface area contributed by atoms with Crippen molar-refractivity contribution < 1.29 is 14.4 Å². The number of hydrogen-bond acceptors (Lipinski definition) is 5. The van der Waals surface area contributed by atoms with E-state index in [4.69, 9.17) is 11.6 Å². The molecule has 0 bridgehead atoms. The zero-order valence-corrected chi connectivity index (χ0v) is 22.0. The van der Waals surface area contributed by atoms with Crippen LogP contribution in [0, 0.1) is 12.3 Å². The van der Waals surface area contributed by atoms with Gasteiger partial charge in [-0.3, -0.25) is 14.4 Å². The van der Waals surface area contributed by atoms with Gasteiger partial charge in [0.05, 0.1) is 10.9 Å². The molecule has 4 nitrogen and oxygen atoms in total. The molecule has 1 saturated heterocycles. The summed E-state index contributed by atoms with van der Waals surface area (Å²) in [6.07, 6.45) is 3.85. The van der Waals surface area contributed by atoms with E-state index in [1.54, 1.807) is 30.3 Å². The summed E-state index contributed by atoms with van der Waals surface area (Å²) in [6.45, 7) is 2.00. The van der Waals surface area contributed by atoms with Crippen LogP contribution >= 0.6 is 22.9 Å². The van der Waals surface area contributed by atoms with Crippen LogP contribution < -0.4 is 4.90 Å². The van der Waals surface area contributed by atoms with Crippen LogP contribution in [0.25, 0.3) is 6.08 Å². The highest BCUT2D eigenvalue weighted by atomic mass is 35.5. The number of Topliss-reactive ketones (excluding diaryl/α,β-unsaturated/α-hetero) is 3. The maximum atomic E-state index is 14.5. The average molecular weight is 536 g/mol. The van der Waals surface area contributed by atoms with Crippen LogP contribution in [0.4, 0.5) is 5.69 Å². The second-order valence-corrected chi connectivity index (χ2v) is 11.5. The van der Waals surface area contributed by atoms with Crippen molar-refractivity contribution in [3.8, 4) is 0 Å². The van der Waals surface area contributed by atoms with Crippen LogP contribution in [-0.4, -0.2) is 29.4 Å². The third kappa shape index (κ3) is 3.00. The number of nitrogens with zero attached hydrogens (tertiary/aromatic N) is 1. The summed E-state index contributed by atoms with van der Waals surface area (Å²) in [7, 11) is 0. The summed E-state index contributed by atoms with van der Waals surface area (Å²) < 4.78 is 0. The molecule has 186 valence electrons. The lowest BCUT2D eigenvalue weighted by Crippen LogP contribution is -2.48. The minimum absolute atomic E-state index is 0.0970. The van der Waals surface area contributed by atoms with Gasteiger partial charge in [0.15, 0.2) is 17.3 Å². The first-order valence-corrected chi connectivity index (χ1v) is 13.8. The molecule has 1 aromatic heterocycles. The zero-order chi connectivity index (χ0) is 26.2. The van der Waals surface area contributed by atoms with Crippen LogP contribution in [0.5, 0.6) is 0 Å². The van der Waals surface area contributed by atoms with Gasteiger partial charge in [-0.15, -0.1) is 11.3 Å². The molecule has 3 unspecified atom stereocenters. The Kier molecular flexibility index (Phi) is 5.13. The monoisotopic (exact) mass is 535 g/mol. The van der Waals surface area contributed by atoms with Crippen molar-refractivity contribution in [1.29, 1.82) is 0 Å². The minimum Gasteiger partial charge on any atom is -0.352 e. The number of aryl methyl sites for hydroxylation is 1. The van der Waals surface area contributed by atoms with E-state index < -0.39 is 23.4 Å². The number of benzene rings is 3. The van der Waals surface area contributed by atoms with E-state index in [9.17, 15) is 14.4 Å². The molecule has 1 fully saturated rings. The first-order valence-electron chi connectivity index (χ1n) is 12.5. The molecule has 2 aliphatic heterocycles. The van der Waals surface area contributed by atoms with E-state index in [0.29, 0.717) is 21.0 Å². The minimum atomic E-state index is -1.48. The van der Waals surface area contributed by atoms with Crippen LogP contribution in [-0.2, 0) is 0 Å². The molecule has 4 aromatic rings. The van der Waals surface area contributed by atoms with Gasteiger partial charge in [-0.2, -0.15) is 0 Å². The Hall–Kier alpha value is -3.80. The van der Waals surface area contributed by atoms with E-state index in [-0.39, 0.29) is 17.3 Å². The van der Waals surface area contributed by atoms with Crippen LogP contribution in [0.1, 0.15) is 53.0 Å². The quantitative estimate of drug-likeness (QED) is 0.209. The predicted molar refractivity (Wildman–Crippen MR) is 151 cm³/mol. The van der Waals surface area contributed by atoms with E-state index in [2.05, 4.69) is 0 Å². The Morgan fingerprint density at radius 3 is 2.29 bits per heavy atom. The molecule has 3 atom stereocenters. The Morgan fingerprint density at radius 1 is 0.921 bits per heavy atom. The summed E-state index contributed by atoms with van der Waals surface area (Å²) >= 11 is 7.72. The number of fused-ring (bicyclic) bond motifs is 5. The van der Waals surface area contributed by atoms with E-state index in [1.807, 2.05) is 77.9 Å². The molecule has 3 aromatic carbocycles. The molecule has 38 heavy (non-hydrogen) atoms. The fourth-order valence-corrected chi connectivity index (χ4v) is 7.54. The van der Waals surface area contributed by atoms with Gasteiger partial charge in [-0.1, -0.05) is 83.9 Å². The SMILES string of the molecule is Cc1ccc(C2C(C(=O)c3cccs3)N3c4ccc(Cl)cc4C=CC3C23C(=O)c2ccccc2C3=O)cc1. The first kappa shape index (κ1) is 23.3. The summed E-state index contributed by atoms with van der Waals surface area (Å²) in [5, 5.41) is 2.46. The van der Waals surface area contributed by atoms with E-state index >= 15 is 0 Å². The average Bonchev–Trinajstić information content (AvgIpc) is 3.62. The fourth-order valence-electron chi connectivity index (χ4n) is 6.66. The standard InChI is InChI=1S/C32H22ClNO3S/c1-18-8-10-19(11-9-18)27-28(29(35)25-7-4-16-38-25)34-24-14-13-21(33)17-20(24)12-15-26(34)32(27)30(36)22-5-2-3-6-23(22)31(32)37/h2-17,26-28H,1H3. The molecule has 1 spiro atoms. The molecule has 0 radical (unpaired) electrons. The third-order valence-electron chi connectivity index (χ3n) is 8.23. The number of anilines is 1. The maximum absolute atomic E-state index is 14.5. The number of ketones is 3. The Labute approximate surface area is 229 Å². The van der Waals surface area contributed by atoms with E-state index in [0.717, 1.165) is 22.4 Å². The number of carbonyl (C=O) groups is 3. The summed E-state index contributed by atoms with van der Waals surface area (Å²) in [5.41, 5.74) is 2.88. The van der Waals surface area contributed by atoms with Gasteiger partial charge in [-0.25, -0.2) is 0 Å². The Bertz CT molecular complexity index is 1640. The smallest absolute Gasteiger partial charge is 0.195 e. The van der Waals surface area contributed by atoms with Crippen molar-refractivity contribution in [2.75, 3.05) is 4.90 Å². The highest BCUT2D eigenvalue weighted by molar-refractivity contribution is 7.12. The molecule has 3 heterocycles. The summed E-state index contributed by atoms with van der Waals surface area (Å²) in [6, 6.07) is 22.7. The zero-order valence-electron chi connectivity index (χ0n) is 20.4. The van der Waals surface area contributed by atoms with Gasteiger partial charge in [0.25, 0.3) is 0 Å². The second-order valence-electron chi connectivity index (χ2n) is 10.2. The molecular formula is C32H22ClNO3S. The number of hydrogen-bond donors (Lipinski definition) is 0.